The number of furan rings is 1. The van der Waals surface area contributed by atoms with E-state index >= 15 is 0 Å². The maximum atomic E-state index is 6.12. The molecule has 0 aliphatic carbocycles. The molecule has 2 N–H and O–H groups in total. The smallest absolute Gasteiger partial charge is 0.0935 e. The van der Waals surface area contributed by atoms with E-state index in [2.05, 4.69) is 31.2 Å². The highest BCUT2D eigenvalue weighted by Gasteiger charge is 2.06. The molecule has 0 bridgehead atoms. The van der Waals surface area contributed by atoms with E-state index in [0.29, 0.717) is 0 Å². The Morgan fingerprint density at radius 2 is 2.06 bits per heavy atom. The Balaban J connectivity index is 1.84. The van der Waals surface area contributed by atoms with Crippen LogP contribution in [0.1, 0.15) is 23.1 Å². The summed E-state index contributed by atoms with van der Waals surface area (Å²) in [4.78, 5) is 0. The number of aryl methyl sites for hydroxylation is 2. The molecule has 2 heteroatoms. The summed E-state index contributed by atoms with van der Waals surface area (Å²) in [6, 6.07) is 10.7. The van der Waals surface area contributed by atoms with Crippen molar-refractivity contribution in [3.63, 3.8) is 0 Å². The van der Waals surface area contributed by atoms with Crippen LogP contribution in [-0.4, -0.2) is 6.04 Å². The van der Waals surface area contributed by atoms with Gasteiger partial charge in [-0.3, -0.25) is 0 Å². The molecule has 0 radical (unpaired) electrons. The molecule has 0 fully saturated rings. The monoisotopic (exact) mass is 229 g/mol. The van der Waals surface area contributed by atoms with Gasteiger partial charge >= 0.3 is 0 Å². The molecule has 1 aromatic carbocycles. The van der Waals surface area contributed by atoms with Gasteiger partial charge in [0.2, 0.25) is 0 Å². The van der Waals surface area contributed by atoms with Gasteiger partial charge in [-0.25, -0.2) is 0 Å². The summed E-state index contributed by atoms with van der Waals surface area (Å²) >= 11 is 0. The van der Waals surface area contributed by atoms with Crippen LogP contribution in [0.25, 0.3) is 0 Å². The van der Waals surface area contributed by atoms with E-state index in [9.17, 15) is 0 Å². The number of hydrogen-bond donors (Lipinski definition) is 1. The van der Waals surface area contributed by atoms with Crippen LogP contribution in [0, 0.1) is 6.92 Å². The summed E-state index contributed by atoms with van der Waals surface area (Å²) in [5.41, 5.74) is 10.1. The van der Waals surface area contributed by atoms with Crippen molar-refractivity contribution < 1.29 is 4.42 Å². The van der Waals surface area contributed by atoms with E-state index in [1.165, 1.54) is 16.7 Å². The molecular formula is C15H19NO. The van der Waals surface area contributed by atoms with Crippen molar-refractivity contribution in [2.75, 3.05) is 0 Å². The normalized spacial score (nSPS) is 12.6. The van der Waals surface area contributed by atoms with Gasteiger partial charge in [0.1, 0.15) is 0 Å². The third-order valence-corrected chi connectivity index (χ3v) is 3.12. The van der Waals surface area contributed by atoms with E-state index in [1.807, 2.05) is 6.07 Å². The molecule has 90 valence electrons. The SMILES string of the molecule is Cc1ccccc1CCC(N)Cc1ccoc1. The topological polar surface area (TPSA) is 39.2 Å². The minimum Gasteiger partial charge on any atom is -0.472 e. The summed E-state index contributed by atoms with van der Waals surface area (Å²) in [6.07, 6.45) is 6.42. The van der Waals surface area contributed by atoms with Gasteiger partial charge in [-0.05, 0) is 48.9 Å². The highest BCUT2D eigenvalue weighted by Crippen LogP contribution is 2.12. The van der Waals surface area contributed by atoms with Crippen LogP contribution in [-0.2, 0) is 12.8 Å². The third kappa shape index (κ3) is 3.46. The Morgan fingerprint density at radius 3 is 2.76 bits per heavy atom. The average Bonchev–Trinajstić information content (AvgIpc) is 2.81. The minimum absolute atomic E-state index is 0.201. The van der Waals surface area contributed by atoms with Crippen molar-refractivity contribution in [3.8, 4) is 0 Å². The first-order chi connectivity index (χ1) is 8.25. The first-order valence-corrected chi connectivity index (χ1v) is 6.07. The lowest BCUT2D eigenvalue weighted by Crippen LogP contribution is -2.23. The molecule has 1 heterocycles. The van der Waals surface area contributed by atoms with Gasteiger partial charge in [0.15, 0.2) is 0 Å². The van der Waals surface area contributed by atoms with Crippen molar-refractivity contribution in [2.24, 2.45) is 5.73 Å². The van der Waals surface area contributed by atoms with Gasteiger partial charge in [-0.2, -0.15) is 0 Å². The second kappa shape index (κ2) is 5.69. The summed E-state index contributed by atoms with van der Waals surface area (Å²) < 4.78 is 5.04. The molecule has 0 amide bonds. The lowest BCUT2D eigenvalue weighted by molar-refractivity contribution is 0.555. The molecule has 0 saturated carbocycles. The molecule has 1 aromatic heterocycles. The Labute approximate surface area is 102 Å². The maximum absolute atomic E-state index is 6.12. The molecule has 0 aliphatic rings. The van der Waals surface area contributed by atoms with E-state index in [-0.39, 0.29) is 6.04 Å². The van der Waals surface area contributed by atoms with Gasteiger partial charge in [-0.15, -0.1) is 0 Å². The van der Waals surface area contributed by atoms with Crippen LogP contribution < -0.4 is 5.73 Å². The second-order valence-corrected chi connectivity index (χ2v) is 4.56. The first kappa shape index (κ1) is 11.9. The summed E-state index contributed by atoms with van der Waals surface area (Å²) in [6.45, 7) is 2.15. The summed E-state index contributed by atoms with van der Waals surface area (Å²) in [5, 5.41) is 0. The fourth-order valence-corrected chi connectivity index (χ4v) is 2.05. The van der Waals surface area contributed by atoms with Crippen molar-refractivity contribution in [1.82, 2.24) is 0 Å². The highest BCUT2D eigenvalue weighted by atomic mass is 16.3. The average molecular weight is 229 g/mol. The van der Waals surface area contributed by atoms with Gasteiger partial charge < -0.3 is 10.2 Å². The molecule has 2 nitrogen and oxygen atoms in total. The van der Waals surface area contributed by atoms with E-state index < -0.39 is 0 Å². The quantitative estimate of drug-likeness (QED) is 0.855. The molecule has 1 unspecified atom stereocenters. The summed E-state index contributed by atoms with van der Waals surface area (Å²) in [7, 11) is 0. The Hall–Kier alpha value is -1.54. The largest absolute Gasteiger partial charge is 0.472 e. The summed E-state index contributed by atoms with van der Waals surface area (Å²) in [5.74, 6) is 0. The fourth-order valence-electron chi connectivity index (χ4n) is 2.05. The van der Waals surface area contributed by atoms with Crippen LogP contribution in [0.15, 0.2) is 47.3 Å². The zero-order valence-corrected chi connectivity index (χ0v) is 10.2. The van der Waals surface area contributed by atoms with E-state index in [1.54, 1.807) is 12.5 Å². The van der Waals surface area contributed by atoms with E-state index in [0.717, 1.165) is 19.3 Å². The van der Waals surface area contributed by atoms with Gasteiger partial charge in [0.05, 0.1) is 12.5 Å². The van der Waals surface area contributed by atoms with Gasteiger partial charge in [0.25, 0.3) is 0 Å². The van der Waals surface area contributed by atoms with Crippen LogP contribution in [0.2, 0.25) is 0 Å². The third-order valence-electron chi connectivity index (χ3n) is 3.12. The van der Waals surface area contributed by atoms with E-state index in [4.69, 9.17) is 10.2 Å². The zero-order chi connectivity index (χ0) is 12.1. The second-order valence-electron chi connectivity index (χ2n) is 4.56. The highest BCUT2D eigenvalue weighted by molar-refractivity contribution is 5.25. The lowest BCUT2D eigenvalue weighted by Gasteiger charge is -2.11. The molecule has 2 aromatic rings. The molecule has 17 heavy (non-hydrogen) atoms. The van der Waals surface area contributed by atoms with Crippen LogP contribution in [0.4, 0.5) is 0 Å². The standard InChI is InChI=1S/C15H19NO/c1-12-4-2-3-5-14(12)6-7-15(16)10-13-8-9-17-11-13/h2-5,8-9,11,15H,6-7,10,16H2,1H3. The molecule has 2 rings (SSSR count). The number of nitrogens with two attached hydrogens (primary N) is 1. The Bertz CT molecular complexity index is 448. The van der Waals surface area contributed by atoms with Crippen LogP contribution >= 0.6 is 0 Å². The van der Waals surface area contributed by atoms with Gasteiger partial charge in [-0.1, -0.05) is 24.3 Å². The molecule has 0 aliphatic heterocycles. The first-order valence-electron chi connectivity index (χ1n) is 6.07. The van der Waals surface area contributed by atoms with Gasteiger partial charge in [0, 0.05) is 6.04 Å². The number of rotatable bonds is 5. The van der Waals surface area contributed by atoms with Crippen molar-refractivity contribution in [1.29, 1.82) is 0 Å². The Morgan fingerprint density at radius 1 is 1.24 bits per heavy atom. The fraction of sp³-hybridized carbons (Fsp3) is 0.333. The number of hydrogen-bond acceptors (Lipinski definition) is 2. The molecular weight excluding hydrogens is 210 g/mol. The molecule has 0 spiro atoms. The van der Waals surface area contributed by atoms with Crippen molar-refractivity contribution in [3.05, 3.63) is 59.5 Å². The lowest BCUT2D eigenvalue weighted by atomic mass is 9.98. The zero-order valence-electron chi connectivity index (χ0n) is 10.2. The van der Waals surface area contributed by atoms with Crippen molar-refractivity contribution >= 4 is 0 Å². The molecule has 0 saturated heterocycles. The predicted molar refractivity (Wildman–Crippen MR) is 69.9 cm³/mol. The number of benzene rings is 1. The minimum atomic E-state index is 0.201. The maximum Gasteiger partial charge on any atom is 0.0935 e. The predicted octanol–water partition coefficient (Wildman–Crippen LogP) is 3.09. The van der Waals surface area contributed by atoms with Crippen molar-refractivity contribution in [2.45, 2.75) is 32.2 Å². The van der Waals surface area contributed by atoms with Crippen LogP contribution in [0.3, 0.4) is 0 Å². The Kier molecular flexibility index (Phi) is 3.99. The van der Waals surface area contributed by atoms with Crippen LogP contribution in [0.5, 0.6) is 0 Å². The molecule has 1 atom stereocenters.